The molecule has 514 valence electrons. The van der Waals surface area contributed by atoms with Crippen LogP contribution in [0.2, 0.25) is 0 Å². The summed E-state index contributed by atoms with van der Waals surface area (Å²) in [5, 5.41) is 31.3. The zero-order valence-corrected chi connectivity index (χ0v) is 55.0. The first-order chi connectivity index (χ1) is 45.3. The molecule has 26 heteroatoms. The molecule has 2 unspecified atom stereocenters. The molecule has 3 fully saturated rings. The fraction of sp³-hybridized carbons (Fsp3) is 0.603. The third-order valence-electron chi connectivity index (χ3n) is 17.4. The van der Waals surface area contributed by atoms with E-state index in [0.29, 0.717) is 177 Å². The number of allylic oxidation sites excluding steroid dienone is 2. The van der Waals surface area contributed by atoms with Gasteiger partial charge in [0, 0.05) is 109 Å². The fourth-order valence-corrected chi connectivity index (χ4v) is 12.0. The summed E-state index contributed by atoms with van der Waals surface area (Å²) < 4.78 is 30.8. The number of hydrogen-bond acceptors (Lipinski definition) is 18. The maximum atomic E-state index is 14.6. The number of pyridine rings is 1. The van der Waals surface area contributed by atoms with Crippen molar-refractivity contribution in [2.24, 2.45) is 5.92 Å². The molecule has 3 aromatic rings. The highest BCUT2D eigenvalue weighted by Gasteiger charge is 2.43. The molecular formula is C68H97FN12O13. The second kappa shape index (κ2) is 40.2. The minimum atomic E-state index is -1.67. The standard InChI is InChI=1S/C68H97FN12O13/c1-51-18-20-53(21-19-51)13-10-16-61(84)74-52(2)12-6-4-7-15-60(75-62(85)44-76-31-32-77(45-65(88)89)34-36-79(48-93-50-83)38-37-78(35-33-76)47-92-49-82)67(91)72-27-9-5-8-17-63(86)80-29-25-54(26-30-80)14-11-39-94-56-22-23-59-58(40-56)57(24-28-71-59)66(90)73-43-64(87)81-46-68(3,69)41-55(81)42-70/h12,18-24,28,40,49-50,54-55,60H,4-11,13-17,25-27,29-39,41,43-48H2,1-3H3,(H,72,91)(H,73,90)(H,74,84)(H,75,85)(H,88,89)/b52-12+/t55-,60?,68?/m1/s1. The molecule has 3 aliphatic rings. The number of halogens is 1. The summed E-state index contributed by atoms with van der Waals surface area (Å²) in [7, 11) is 0. The molecule has 4 heterocycles. The number of unbranched alkanes of at least 4 members (excludes halogenated alkanes) is 4. The molecule has 0 radical (unpaired) electrons. The Morgan fingerprint density at radius 3 is 2.11 bits per heavy atom. The van der Waals surface area contributed by atoms with Gasteiger partial charge >= 0.3 is 5.97 Å². The monoisotopic (exact) mass is 1310 g/mol. The highest BCUT2D eigenvalue weighted by molar-refractivity contribution is 6.07. The van der Waals surface area contributed by atoms with Gasteiger partial charge in [0.05, 0.1) is 49.9 Å². The highest BCUT2D eigenvalue weighted by atomic mass is 19.1. The van der Waals surface area contributed by atoms with E-state index in [-0.39, 0.29) is 63.8 Å². The van der Waals surface area contributed by atoms with Crippen molar-refractivity contribution in [3.63, 3.8) is 0 Å². The van der Waals surface area contributed by atoms with E-state index in [1.807, 2.05) is 45.6 Å². The summed E-state index contributed by atoms with van der Waals surface area (Å²) in [5.41, 5.74) is 2.32. The Kier molecular flexibility index (Phi) is 32.0. The van der Waals surface area contributed by atoms with Crippen LogP contribution in [0.5, 0.6) is 5.75 Å². The van der Waals surface area contributed by atoms with Gasteiger partial charge in [-0.2, -0.15) is 5.26 Å². The largest absolute Gasteiger partial charge is 0.494 e. The van der Waals surface area contributed by atoms with E-state index in [4.69, 9.17) is 14.2 Å². The zero-order valence-electron chi connectivity index (χ0n) is 55.0. The Morgan fingerprint density at radius 2 is 1.45 bits per heavy atom. The van der Waals surface area contributed by atoms with Gasteiger partial charge in [-0.15, -0.1) is 0 Å². The smallest absolute Gasteiger partial charge is 0.317 e. The van der Waals surface area contributed by atoms with Crippen LogP contribution < -0.4 is 26.0 Å². The topological polar surface area (TPSA) is 306 Å². The molecule has 3 aliphatic heterocycles. The SMILES string of the molecule is C/C(=C\CCCCC(NC(=O)CN1CCN(COC=O)CCN(COC=O)CCN(CC(=O)O)CC1)C(=O)NCCCCCC(=O)N1CCC(CCCOc2ccc3nccc(C(=O)NCC(=O)N4CC(C)(F)C[C@@H]4C#N)c3c2)CC1)NC(=O)CCCc1ccc(C)cc1. The third-order valence-corrected chi connectivity index (χ3v) is 17.4. The number of carbonyl (C=O) groups excluding carboxylic acids is 8. The fourth-order valence-electron chi connectivity index (χ4n) is 12.0. The number of aliphatic carboxylic acids is 1. The summed E-state index contributed by atoms with van der Waals surface area (Å²) in [4.78, 5) is 129. The number of nitriles is 1. The molecule has 0 aliphatic carbocycles. The van der Waals surface area contributed by atoms with Crippen LogP contribution >= 0.6 is 0 Å². The number of carboxylic acids is 1. The minimum Gasteiger partial charge on any atom is -0.494 e. The van der Waals surface area contributed by atoms with E-state index in [0.717, 1.165) is 44.2 Å². The Hall–Kier alpha value is -8.12. The van der Waals surface area contributed by atoms with Crippen LogP contribution in [-0.2, 0) is 54.3 Å². The van der Waals surface area contributed by atoms with Crippen LogP contribution in [0, 0.1) is 24.2 Å². The summed E-state index contributed by atoms with van der Waals surface area (Å²) >= 11 is 0. The molecule has 94 heavy (non-hydrogen) atoms. The molecule has 3 saturated heterocycles. The number of nitrogens with zero attached hydrogens (tertiary/aromatic N) is 8. The van der Waals surface area contributed by atoms with Crippen LogP contribution in [0.3, 0.4) is 0 Å². The second-order valence-corrected chi connectivity index (χ2v) is 25.1. The summed E-state index contributed by atoms with van der Waals surface area (Å²) in [6.07, 6.45) is 13.4. The van der Waals surface area contributed by atoms with Crippen LogP contribution in [0.1, 0.15) is 132 Å². The molecule has 5 N–H and O–H groups in total. The molecule has 2 aromatic carbocycles. The number of carboxylic acid groups (broad SMARTS) is 1. The van der Waals surface area contributed by atoms with Crippen LogP contribution in [0.15, 0.2) is 66.5 Å². The average Bonchev–Trinajstić information content (AvgIpc) is 1.23. The Bertz CT molecular complexity index is 3030. The molecule has 25 nitrogen and oxygen atoms in total. The number of hydrogen-bond donors (Lipinski definition) is 5. The van der Waals surface area contributed by atoms with E-state index < -0.39 is 41.4 Å². The number of aryl methyl sites for hydroxylation is 2. The van der Waals surface area contributed by atoms with Gasteiger partial charge in [0.25, 0.3) is 18.9 Å². The maximum absolute atomic E-state index is 14.6. The van der Waals surface area contributed by atoms with Gasteiger partial charge in [0.2, 0.25) is 29.5 Å². The number of carbonyl (C=O) groups is 9. The summed E-state index contributed by atoms with van der Waals surface area (Å²) in [6.45, 7) is 10.0. The molecule has 0 spiro atoms. The number of likely N-dealkylation sites (tertiary alicyclic amines) is 2. The predicted molar refractivity (Wildman–Crippen MR) is 349 cm³/mol. The lowest BCUT2D eigenvalue weighted by molar-refractivity contribution is -0.139. The van der Waals surface area contributed by atoms with Crippen molar-refractivity contribution in [2.45, 2.75) is 141 Å². The third kappa shape index (κ3) is 27.1. The normalized spacial score (nSPS) is 18.6. The van der Waals surface area contributed by atoms with Crippen molar-refractivity contribution in [2.75, 3.05) is 118 Å². The molecule has 1 aromatic heterocycles. The van der Waals surface area contributed by atoms with Crippen molar-refractivity contribution in [3.05, 3.63) is 83.2 Å². The molecule has 3 atom stereocenters. The van der Waals surface area contributed by atoms with E-state index in [1.54, 1.807) is 29.2 Å². The van der Waals surface area contributed by atoms with Crippen molar-refractivity contribution in [3.8, 4) is 11.8 Å². The molecule has 6 amide bonds. The maximum Gasteiger partial charge on any atom is 0.317 e. The van der Waals surface area contributed by atoms with Crippen molar-refractivity contribution >= 4 is 65.3 Å². The minimum absolute atomic E-state index is 0.00107. The quantitative estimate of drug-likeness (QED) is 0.0384. The van der Waals surface area contributed by atoms with Gasteiger partial charge in [-0.3, -0.25) is 67.7 Å². The second-order valence-electron chi connectivity index (χ2n) is 25.1. The molecule has 0 saturated carbocycles. The van der Waals surface area contributed by atoms with Gasteiger partial charge in [0.1, 0.15) is 37.0 Å². The van der Waals surface area contributed by atoms with Gasteiger partial charge in [-0.25, -0.2) is 4.39 Å². The average molecular weight is 1310 g/mol. The van der Waals surface area contributed by atoms with Crippen molar-refractivity contribution in [1.29, 1.82) is 5.26 Å². The van der Waals surface area contributed by atoms with Gasteiger partial charge in [0.15, 0.2) is 0 Å². The van der Waals surface area contributed by atoms with Crippen LogP contribution in [0.25, 0.3) is 10.9 Å². The first-order valence-electron chi connectivity index (χ1n) is 33.1. The van der Waals surface area contributed by atoms with Gasteiger partial charge in [-0.1, -0.05) is 48.7 Å². The van der Waals surface area contributed by atoms with Gasteiger partial charge < -0.3 is 50.4 Å². The number of aromatic nitrogens is 1. The van der Waals surface area contributed by atoms with Crippen LogP contribution in [0.4, 0.5) is 4.39 Å². The molecular weight excluding hydrogens is 1210 g/mol. The van der Waals surface area contributed by atoms with Crippen LogP contribution in [-0.4, -0.2) is 230 Å². The van der Waals surface area contributed by atoms with Gasteiger partial charge in [-0.05, 0) is 127 Å². The Morgan fingerprint density at radius 1 is 0.777 bits per heavy atom. The lowest BCUT2D eigenvalue weighted by Crippen LogP contribution is -2.52. The number of rotatable bonds is 36. The van der Waals surface area contributed by atoms with E-state index in [2.05, 4.69) is 50.5 Å². The number of nitrogens with one attached hydrogen (secondary N) is 4. The predicted octanol–water partition coefficient (Wildman–Crippen LogP) is 4.86. The zero-order chi connectivity index (χ0) is 67.7. The molecule has 0 bridgehead atoms. The first-order valence-corrected chi connectivity index (χ1v) is 33.1. The summed E-state index contributed by atoms with van der Waals surface area (Å²) in [5.74, 6) is -1.74. The lowest BCUT2D eigenvalue weighted by atomic mass is 9.92. The van der Waals surface area contributed by atoms with E-state index in [1.165, 1.54) is 29.1 Å². The van der Waals surface area contributed by atoms with E-state index in [9.17, 15) is 57.9 Å². The number of piperidine rings is 1. The number of amides is 6. The number of benzene rings is 2. The number of ether oxygens (including phenoxy) is 3. The summed E-state index contributed by atoms with van der Waals surface area (Å²) in [6, 6.07) is 15.4. The Labute approximate surface area is 551 Å². The Balaban J connectivity index is 0.930. The number of alkyl halides is 1. The lowest BCUT2D eigenvalue weighted by Gasteiger charge is -2.33. The van der Waals surface area contributed by atoms with Crippen molar-refractivity contribution in [1.82, 2.24) is 55.7 Å². The molecule has 6 rings (SSSR count). The number of fused-ring (bicyclic) bond motifs is 1. The first kappa shape index (κ1) is 74.9. The van der Waals surface area contributed by atoms with Crippen molar-refractivity contribution < 1.29 is 66.9 Å². The van der Waals surface area contributed by atoms with E-state index >= 15 is 0 Å². The highest BCUT2D eigenvalue weighted by Crippen LogP contribution is 2.30.